The fourth-order valence-electron chi connectivity index (χ4n) is 2.55. The van der Waals surface area contributed by atoms with Crippen LogP contribution in [-0.4, -0.2) is 23.2 Å². The van der Waals surface area contributed by atoms with Gasteiger partial charge in [0.05, 0.1) is 12.2 Å². The number of hydrogen-bond acceptors (Lipinski definition) is 4. The van der Waals surface area contributed by atoms with Crippen LogP contribution in [-0.2, 0) is 11.2 Å². The maximum atomic E-state index is 10.8. The Morgan fingerprint density at radius 3 is 2.38 bits per heavy atom. The third-order valence-corrected chi connectivity index (χ3v) is 3.56. The van der Waals surface area contributed by atoms with E-state index in [1.807, 2.05) is 45.0 Å². The Morgan fingerprint density at radius 2 is 1.77 bits per heavy atom. The first-order valence-corrected chi connectivity index (χ1v) is 8.56. The summed E-state index contributed by atoms with van der Waals surface area (Å²) in [5.41, 5.74) is 6.66. The van der Waals surface area contributed by atoms with Gasteiger partial charge in [-0.1, -0.05) is 12.1 Å². The maximum Gasteiger partial charge on any atom is 0.245 e. The van der Waals surface area contributed by atoms with Crippen molar-refractivity contribution >= 4 is 11.7 Å². The summed E-state index contributed by atoms with van der Waals surface area (Å²) in [7, 11) is 0. The van der Waals surface area contributed by atoms with E-state index in [-0.39, 0.29) is 18.0 Å². The highest BCUT2D eigenvalue weighted by atomic mass is 16.5. The third-order valence-electron chi connectivity index (χ3n) is 3.56. The van der Waals surface area contributed by atoms with Crippen LogP contribution < -0.4 is 15.2 Å². The topological polar surface area (TPSA) is 81.8 Å². The highest BCUT2D eigenvalue weighted by molar-refractivity contribution is 5.92. The number of primary amides is 1. The Morgan fingerprint density at radius 1 is 1.08 bits per heavy atom. The Kier molecular flexibility index (Phi) is 6.67. The predicted molar refractivity (Wildman–Crippen MR) is 102 cm³/mol. The average Bonchev–Trinajstić information content (AvgIpc) is 2.54. The van der Waals surface area contributed by atoms with Gasteiger partial charge in [-0.3, -0.25) is 4.79 Å². The molecule has 0 saturated carbocycles. The van der Waals surface area contributed by atoms with Gasteiger partial charge in [-0.15, -0.1) is 0 Å². The first-order chi connectivity index (χ1) is 12.3. The van der Waals surface area contributed by atoms with Crippen LogP contribution in [0, 0.1) is 0 Å². The number of nitrogens with two attached hydrogens (primary N) is 1. The third kappa shape index (κ3) is 6.16. The highest BCUT2D eigenvalue weighted by Gasteiger charge is 2.08. The van der Waals surface area contributed by atoms with E-state index in [4.69, 9.17) is 15.2 Å². The van der Waals surface area contributed by atoms with E-state index in [1.54, 1.807) is 24.3 Å². The van der Waals surface area contributed by atoms with Crippen molar-refractivity contribution < 1.29 is 19.4 Å². The van der Waals surface area contributed by atoms with E-state index in [0.29, 0.717) is 11.3 Å². The summed E-state index contributed by atoms with van der Waals surface area (Å²) in [6, 6.07) is 14.8. The van der Waals surface area contributed by atoms with Crippen LogP contribution in [0.1, 0.15) is 31.9 Å². The van der Waals surface area contributed by atoms with Crippen LogP contribution >= 0.6 is 0 Å². The number of amides is 1. The standard InChI is InChI=1S/C21H25NO4/c1-14(2)25-19-6-4-5-16(12-19)11-15(3)26-18-9-7-17(8-10-18)20(23)13-21(22)24/h4-10,12-15,23H,11H2,1-3H3,(H2,22,24)/b20-13-. The molecule has 26 heavy (non-hydrogen) atoms. The maximum absolute atomic E-state index is 10.8. The van der Waals surface area contributed by atoms with Gasteiger partial charge in [0.15, 0.2) is 0 Å². The molecule has 2 aromatic rings. The fraction of sp³-hybridized carbons (Fsp3) is 0.286. The molecule has 2 rings (SSSR count). The molecule has 0 saturated heterocycles. The van der Waals surface area contributed by atoms with Gasteiger partial charge < -0.3 is 20.3 Å². The quantitative estimate of drug-likeness (QED) is 0.556. The number of hydrogen-bond donors (Lipinski definition) is 2. The Balaban J connectivity index is 1.97. The molecule has 0 aromatic heterocycles. The van der Waals surface area contributed by atoms with Crippen molar-refractivity contribution in [3.05, 3.63) is 65.7 Å². The predicted octanol–water partition coefficient (Wildman–Crippen LogP) is 3.87. The van der Waals surface area contributed by atoms with E-state index in [2.05, 4.69) is 0 Å². The average molecular weight is 355 g/mol. The van der Waals surface area contributed by atoms with E-state index in [1.165, 1.54) is 0 Å². The molecule has 0 fully saturated rings. The summed E-state index contributed by atoms with van der Waals surface area (Å²) < 4.78 is 11.6. The van der Waals surface area contributed by atoms with Crippen molar-refractivity contribution in [1.82, 2.24) is 0 Å². The van der Waals surface area contributed by atoms with Crippen molar-refractivity contribution in [2.24, 2.45) is 5.73 Å². The van der Waals surface area contributed by atoms with E-state index >= 15 is 0 Å². The molecule has 2 aromatic carbocycles. The van der Waals surface area contributed by atoms with Crippen LogP contribution in [0.25, 0.3) is 5.76 Å². The van der Waals surface area contributed by atoms with Gasteiger partial charge in [0.1, 0.15) is 17.3 Å². The first kappa shape index (κ1) is 19.4. The summed E-state index contributed by atoms with van der Waals surface area (Å²) >= 11 is 0. The summed E-state index contributed by atoms with van der Waals surface area (Å²) in [6.45, 7) is 5.99. The SMILES string of the molecule is CC(C)Oc1cccc(CC(C)Oc2ccc(/C(O)=C/C(N)=O)cc2)c1. The number of ether oxygens (including phenoxy) is 2. The number of carbonyl (C=O) groups excluding carboxylic acids is 1. The lowest BCUT2D eigenvalue weighted by molar-refractivity contribution is -0.113. The number of rotatable bonds is 8. The lowest BCUT2D eigenvalue weighted by Crippen LogP contribution is -2.15. The van der Waals surface area contributed by atoms with Gasteiger partial charge in [0.2, 0.25) is 5.91 Å². The minimum absolute atomic E-state index is 0.0371. The van der Waals surface area contributed by atoms with Crippen molar-refractivity contribution in [1.29, 1.82) is 0 Å². The smallest absolute Gasteiger partial charge is 0.245 e. The molecule has 0 aliphatic carbocycles. The molecule has 138 valence electrons. The monoisotopic (exact) mass is 355 g/mol. The molecule has 5 heteroatoms. The molecule has 0 spiro atoms. The van der Waals surface area contributed by atoms with E-state index in [9.17, 15) is 9.90 Å². The fourth-order valence-corrected chi connectivity index (χ4v) is 2.55. The minimum atomic E-state index is -0.694. The number of benzene rings is 2. The second-order valence-electron chi connectivity index (χ2n) is 6.40. The van der Waals surface area contributed by atoms with Gasteiger partial charge in [0.25, 0.3) is 0 Å². The Bertz CT molecular complexity index is 766. The van der Waals surface area contributed by atoms with Crippen molar-refractivity contribution in [2.75, 3.05) is 0 Å². The van der Waals surface area contributed by atoms with Crippen molar-refractivity contribution in [2.45, 2.75) is 39.4 Å². The molecule has 0 heterocycles. The lowest BCUT2D eigenvalue weighted by Gasteiger charge is -2.16. The molecular weight excluding hydrogens is 330 g/mol. The van der Waals surface area contributed by atoms with Crippen molar-refractivity contribution in [3.8, 4) is 11.5 Å². The zero-order valence-corrected chi connectivity index (χ0v) is 15.3. The summed E-state index contributed by atoms with van der Waals surface area (Å²) in [4.78, 5) is 10.8. The molecule has 0 bridgehead atoms. The van der Waals surface area contributed by atoms with Crippen LogP contribution in [0.4, 0.5) is 0 Å². The zero-order chi connectivity index (χ0) is 19.1. The number of aliphatic hydroxyl groups is 1. The lowest BCUT2D eigenvalue weighted by atomic mass is 10.1. The zero-order valence-electron chi connectivity index (χ0n) is 15.3. The van der Waals surface area contributed by atoms with Crippen molar-refractivity contribution in [3.63, 3.8) is 0 Å². The van der Waals surface area contributed by atoms with Gasteiger partial charge >= 0.3 is 0 Å². The second-order valence-corrected chi connectivity index (χ2v) is 6.40. The molecule has 1 atom stereocenters. The minimum Gasteiger partial charge on any atom is -0.507 e. The first-order valence-electron chi connectivity index (χ1n) is 8.56. The summed E-state index contributed by atoms with van der Waals surface area (Å²) in [5, 5.41) is 9.75. The van der Waals surface area contributed by atoms with Crippen LogP contribution in [0.5, 0.6) is 11.5 Å². The molecule has 0 aliphatic rings. The van der Waals surface area contributed by atoms with E-state index < -0.39 is 5.91 Å². The molecule has 0 aliphatic heterocycles. The summed E-state index contributed by atoms with van der Waals surface area (Å²) in [6.07, 6.45) is 1.82. The molecule has 1 amide bonds. The highest BCUT2D eigenvalue weighted by Crippen LogP contribution is 2.20. The molecule has 0 radical (unpaired) electrons. The summed E-state index contributed by atoms with van der Waals surface area (Å²) in [5.74, 6) is 0.674. The normalized spacial score (nSPS) is 12.7. The largest absolute Gasteiger partial charge is 0.507 e. The number of aliphatic hydroxyl groups excluding tert-OH is 1. The van der Waals surface area contributed by atoms with E-state index in [0.717, 1.165) is 23.8 Å². The van der Waals surface area contributed by atoms with Gasteiger partial charge in [-0.05, 0) is 62.7 Å². The van der Waals surface area contributed by atoms with Crippen LogP contribution in [0.3, 0.4) is 0 Å². The van der Waals surface area contributed by atoms with Crippen LogP contribution in [0.2, 0.25) is 0 Å². The molecule has 1 unspecified atom stereocenters. The van der Waals surface area contributed by atoms with Gasteiger partial charge in [-0.2, -0.15) is 0 Å². The van der Waals surface area contributed by atoms with Gasteiger partial charge in [-0.25, -0.2) is 0 Å². The molecule has 3 N–H and O–H groups in total. The Hall–Kier alpha value is -2.95. The molecular formula is C21H25NO4. The number of carbonyl (C=O) groups is 1. The molecule has 5 nitrogen and oxygen atoms in total. The Labute approximate surface area is 154 Å². The van der Waals surface area contributed by atoms with Gasteiger partial charge in [0, 0.05) is 18.1 Å². The second kappa shape index (κ2) is 8.94. The van der Waals surface area contributed by atoms with Crippen LogP contribution in [0.15, 0.2) is 54.6 Å².